The van der Waals surface area contributed by atoms with Crippen LogP contribution in [0.4, 0.5) is 0 Å². The van der Waals surface area contributed by atoms with Crippen molar-refractivity contribution in [3.63, 3.8) is 0 Å². The molecule has 27 heavy (non-hydrogen) atoms. The Morgan fingerprint density at radius 3 is 2.04 bits per heavy atom. The molecule has 0 radical (unpaired) electrons. The first-order valence-electron chi connectivity index (χ1n) is 9.38. The fourth-order valence-corrected chi connectivity index (χ4v) is 5.36. The summed E-state index contributed by atoms with van der Waals surface area (Å²) in [7, 11) is -2.03. The zero-order valence-electron chi connectivity index (χ0n) is 18.3. The fraction of sp³-hybridized carbons (Fsp3) is 0.667. The van der Waals surface area contributed by atoms with E-state index in [2.05, 4.69) is 33.9 Å². The van der Waals surface area contributed by atoms with Crippen molar-refractivity contribution in [3.05, 3.63) is 30.3 Å². The predicted octanol–water partition coefficient (Wildman–Crippen LogP) is 3.92. The molecule has 0 aromatic heterocycles. The first-order valence-corrected chi connectivity index (χ1v) is 14.0. The van der Waals surface area contributed by atoms with E-state index in [1.54, 1.807) is 6.92 Å². The molecule has 1 rings (SSSR count). The number of aliphatic hydroxyl groups is 1. The van der Waals surface area contributed by atoms with Crippen LogP contribution in [0.15, 0.2) is 30.3 Å². The molecule has 1 aromatic rings. The van der Waals surface area contributed by atoms with Crippen LogP contribution in [0.3, 0.4) is 0 Å². The van der Waals surface area contributed by atoms with Gasteiger partial charge in [-0.3, -0.25) is 0 Å². The van der Waals surface area contributed by atoms with E-state index in [1.165, 1.54) is 0 Å². The van der Waals surface area contributed by atoms with Crippen LogP contribution in [0.25, 0.3) is 0 Å². The predicted molar refractivity (Wildman–Crippen MR) is 115 cm³/mol. The molecule has 0 aliphatic carbocycles. The molecule has 1 aromatic carbocycles. The van der Waals surface area contributed by atoms with Gasteiger partial charge in [-0.2, -0.15) is 0 Å². The van der Waals surface area contributed by atoms with Gasteiger partial charge in [-0.15, -0.1) is 0 Å². The summed E-state index contributed by atoms with van der Waals surface area (Å²) in [4.78, 5) is 13.0. The van der Waals surface area contributed by atoms with Gasteiger partial charge in [0.2, 0.25) is 0 Å². The zero-order chi connectivity index (χ0) is 21.1. The van der Waals surface area contributed by atoms with Crippen LogP contribution in [-0.2, 0) is 14.0 Å². The van der Waals surface area contributed by atoms with E-state index < -0.39 is 24.3 Å². The van der Waals surface area contributed by atoms with E-state index in [0.717, 1.165) is 4.46 Å². The third kappa shape index (κ3) is 7.02. The summed E-state index contributed by atoms with van der Waals surface area (Å²) >= 11 is -0.299. The standard InChI is InChI=1S/C21H36O4SeSi/c1-19(2,3)25-18(23)21(7,26-16-13-11-10-12-14-16)17(22)15-24-27(8,9)20(4,5)6/h10-14,17,22H,15H2,1-9H3/t17-,21+/m0/s1. The van der Waals surface area contributed by atoms with E-state index in [9.17, 15) is 9.90 Å². The van der Waals surface area contributed by atoms with Gasteiger partial charge in [0.1, 0.15) is 0 Å². The van der Waals surface area contributed by atoms with Gasteiger partial charge >= 0.3 is 172 Å². The maximum atomic E-state index is 13.0. The van der Waals surface area contributed by atoms with Crippen LogP contribution in [0.5, 0.6) is 0 Å². The quantitative estimate of drug-likeness (QED) is 0.496. The van der Waals surface area contributed by atoms with Crippen molar-refractivity contribution in [2.24, 2.45) is 0 Å². The molecule has 0 bridgehead atoms. The van der Waals surface area contributed by atoms with Crippen molar-refractivity contribution >= 4 is 33.7 Å². The molecular weight excluding hydrogens is 423 g/mol. The molecule has 4 nitrogen and oxygen atoms in total. The molecule has 6 heteroatoms. The van der Waals surface area contributed by atoms with Crippen LogP contribution in [0.1, 0.15) is 48.5 Å². The second-order valence-corrected chi connectivity index (χ2v) is 17.6. The second kappa shape index (κ2) is 8.79. The van der Waals surface area contributed by atoms with Gasteiger partial charge in [0.25, 0.3) is 0 Å². The fourth-order valence-electron chi connectivity index (χ4n) is 2.02. The van der Waals surface area contributed by atoms with Gasteiger partial charge < -0.3 is 0 Å². The Morgan fingerprint density at radius 2 is 1.59 bits per heavy atom. The second-order valence-electron chi connectivity index (χ2n) is 9.61. The Morgan fingerprint density at radius 1 is 1.07 bits per heavy atom. The van der Waals surface area contributed by atoms with Crippen LogP contribution in [0.2, 0.25) is 22.4 Å². The normalized spacial score (nSPS) is 16.5. The maximum absolute atomic E-state index is 13.0. The third-order valence-corrected chi connectivity index (χ3v) is 12.3. The number of esters is 1. The zero-order valence-corrected chi connectivity index (χ0v) is 21.0. The van der Waals surface area contributed by atoms with Crippen molar-refractivity contribution in [2.45, 2.75) is 82.6 Å². The van der Waals surface area contributed by atoms with E-state index in [4.69, 9.17) is 9.16 Å². The SMILES string of the molecule is CC(C)(C)OC(=O)[C@](C)([Se]c1ccccc1)[C@@H](O)CO[Si](C)(C)C(C)(C)C. The van der Waals surface area contributed by atoms with E-state index in [0.29, 0.717) is 0 Å². The minimum absolute atomic E-state index is 0.0413. The topological polar surface area (TPSA) is 55.8 Å². The number of benzene rings is 1. The van der Waals surface area contributed by atoms with E-state index >= 15 is 0 Å². The molecule has 0 heterocycles. The van der Waals surface area contributed by atoms with E-state index in [1.807, 2.05) is 51.1 Å². The molecule has 1 N–H and O–H groups in total. The summed E-state index contributed by atoms with van der Waals surface area (Å²) < 4.78 is 11.9. The van der Waals surface area contributed by atoms with Gasteiger partial charge in [0.05, 0.1) is 0 Å². The number of hydrogen-bond donors (Lipinski definition) is 1. The summed E-state index contributed by atoms with van der Waals surface area (Å²) in [5.74, 6) is -0.370. The van der Waals surface area contributed by atoms with Crippen molar-refractivity contribution in [2.75, 3.05) is 6.61 Å². The molecule has 0 spiro atoms. The average Bonchev–Trinajstić information content (AvgIpc) is 2.50. The Labute approximate surface area is 172 Å². The Kier molecular flexibility index (Phi) is 7.94. The third-order valence-electron chi connectivity index (χ3n) is 4.92. The molecule has 0 saturated heterocycles. The van der Waals surface area contributed by atoms with Crippen molar-refractivity contribution in [1.82, 2.24) is 0 Å². The summed E-state index contributed by atoms with van der Waals surface area (Å²) in [6, 6.07) is 9.83. The van der Waals surface area contributed by atoms with Crippen LogP contribution in [-0.4, -0.2) is 52.7 Å². The van der Waals surface area contributed by atoms with Gasteiger partial charge in [0, 0.05) is 0 Å². The van der Waals surface area contributed by atoms with Crippen LogP contribution >= 0.6 is 0 Å². The number of aliphatic hydroxyl groups excluding tert-OH is 1. The van der Waals surface area contributed by atoms with Crippen LogP contribution < -0.4 is 4.46 Å². The number of carbonyl (C=O) groups excluding carboxylic acids is 1. The summed E-state index contributed by atoms with van der Waals surface area (Å²) in [5, 5.41) is 11.1. The van der Waals surface area contributed by atoms with Gasteiger partial charge in [-0.25, -0.2) is 0 Å². The molecule has 0 aliphatic heterocycles. The van der Waals surface area contributed by atoms with Crippen molar-refractivity contribution < 1.29 is 19.1 Å². The Hall–Kier alpha value is -0.654. The van der Waals surface area contributed by atoms with E-state index in [-0.39, 0.29) is 32.6 Å². The van der Waals surface area contributed by atoms with Gasteiger partial charge in [0.15, 0.2) is 0 Å². The number of rotatable bonds is 7. The first-order chi connectivity index (χ1) is 12.1. The monoisotopic (exact) mass is 460 g/mol. The molecule has 154 valence electrons. The number of ether oxygens (including phenoxy) is 1. The minimum atomic E-state index is -2.03. The summed E-state index contributed by atoms with van der Waals surface area (Å²) in [5.41, 5.74) is -0.606. The summed E-state index contributed by atoms with van der Waals surface area (Å²) in [6.45, 7) is 18.2. The number of carbonyl (C=O) groups is 1. The average molecular weight is 460 g/mol. The Bertz CT molecular complexity index is 619. The molecule has 0 saturated carbocycles. The first kappa shape index (κ1) is 24.4. The van der Waals surface area contributed by atoms with Crippen molar-refractivity contribution in [3.8, 4) is 0 Å². The molecule has 0 unspecified atom stereocenters. The van der Waals surface area contributed by atoms with Gasteiger partial charge in [-0.05, 0) is 0 Å². The summed E-state index contributed by atoms with van der Waals surface area (Å²) in [6.07, 6.45) is -0.929. The van der Waals surface area contributed by atoms with Crippen molar-refractivity contribution in [1.29, 1.82) is 0 Å². The van der Waals surface area contributed by atoms with Gasteiger partial charge in [-0.1, -0.05) is 0 Å². The molecule has 2 atom stereocenters. The molecule has 0 fully saturated rings. The molecule has 0 aliphatic rings. The molecule has 0 amide bonds. The Balaban J connectivity index is 3.07. The number of hydrogen-bond acceptors (Lipinski definition) is 4. The molecular formula is C21H36O4SeSi. The van der Waals surface area contributed by atoms with Crippen LogP contribution in [0, 0.1) is 0 Å².